The topological polar surface area (TPSA) is 26.0 Å². The minimum atomic E-state index is -0.0818. The summed E-state index contributed by atoms with van der Waals surface area (Å²) in [6.07, 6.45) is 8.67. The number of nitrogens with two attached hydrogens (primary N) is 1. The average Bonchev–Trinajstić information content (AvgIpc) is 2.39. The van der Waals surface area contributed by atoms with Gasteiger partial charge in [-0.2, -0.15) is 0 Å². The average molecular weight is 273 g/mol. The maximum absolute atomic E-state index is 6.81. The van der Waals surface area contributed by atoms with Gasteiger partial charge in [0.1, 0.15) is 0 Å². The second-order valence-electron chi connectivity index (χ2n) is 7.20. The van der Waals surface area contributed by atoms with Crippen LogP contribution in [0.2, 0.25) is 0 Å². The summed E-state index contributed by atoms with van der Waals surface area (Å²) in [6.45, 7) is 6.90. The predicted molar refractivity (Wildman–Crippen MR) is 87.7 cm³/mol. The van der Waals surface area contributed by atoms with E-state index in [0.717, 1.165) is 18.3 Å². The molecular formula is C19H31N. The van der Waals surface area contributed by atoms with E-state index < -0.39 is 0 Å². The zero-order valence-corrected chi connectivity index (χ0v) is 13.5. The lowest BCUT2D eigenvalue weighted by molar-refractivity contribution is 0.202. The van der Waals surface area contributed by atoms with Crippen LogP contribution in [0.4, 0.5) is 0 Å². The molecule has 20 heavy (non-hydrogen) atoms. The Hall–Kier alpha value is -0.820. The molecule has 0 aromatic heterocycles. The lowest BCUT2D eigenvalue weighted by Crippen LogP contribution is -2.41. The van der Waals surface area contributed by atoms with E-state index in [1.54, 1.807) is 0 Å². The summed E-state index contributed by atoms with van der Waals surface area (Å²) < 4.78 is 0. The molecule has 0 bridgehead atoms. The first kappa shape index (κ1) is 15.6. The highest BCUT2D eigenvalue weighted by Crippen LogP contribution is 2.40. The Bertz CT molecular complexity index is 424. The number of aryl methyl sites for hydroxylation is 1. The van der Waals surface area contributed by atoms with E-state index >= 15 is 0 Å². The van der Waals surface area contributed by atoms with Crippen LogP contribution in [0.3, 0.4) is 0 Å². The van der Waals surface area contributed by atoms with E-state index in [9.17, 15) is 0 Å². The molecule has 0 amide bonds. The lowest BCUT2D eigenvalue weighted by atomic mass is 9.70. The van der Waals surface area contributed by atoms with E-state index in [1.165, 1.54) is 49.7 Å². The van der Waals surface area contributed by atoms with Crippen LogP contribution in [-0.2, 0) is 12.0 Å². The molecule has 1 heteroatoms. The highest BCUT2D eigenvalue weighted by molar-refractivity contribution is 5.30. The molecule has 2 unspecified atom stereocenters. The van der Waals surface area contributed by atoms with Crippen molar-refractivity contribution in [1.82, 2.24) is 0 Å². The van der Waals surface area contributed by atoms with E-state index in [-0.39, 0.29) is 5.54 Å². The van der Waals surface area contributed by atoms with E-state index in [2.05, 4.69) is 45.0 Å². The summed E-state index contributed by atoms with van der Waals surface area (Å²) in [4.78, 5) is 0. The van der Waals surface area contributed by atoms with Gasteiger partial charge in [-0.05, 0) is 48.6 Å². The molecule has 1 saturated carbocycles. The predicted octanol–water partition coefficient (Wildman–Crippen LogP) is 5.03. The molecule has 2 rings (SSSR count). The largest absolute Gasteiger partial charge is 0.321 e. The molecule has 0 spiro atoms. The molecule has 0 saturated heterocycles. The Kier molecular flexibility index (Phi) is 5.26. The third-order valence-corrected chi connectivity index (χ3v) is 4.73. The van der Waals surface area contributed by atoms with Crippen LogP contribution in [0.15, 0.2) is 24.3 Å². The van der Waals surface area contributed by atoms with Crippen LogP contribution in [0, 0.1) is 11.8 Å². The minimum Gasteiger partial charge on any atom is -0.321 e. The third kappa shape index (κ3) is 3.85. The first-order chi connectivity index (χ1) is 9.53. The summed E-state index contributed by atoms with van der Waals surface area (Å²) in [5.74, 6) is 1.59. The van der Waals surface area contributed by atoms with Crippen molar-refractivity contribution in [2.75, 3.05) is 0 Å². The van der Waals surface area contributed by atoms with Crippen LogP contribution in [0.25, 0.3) is 0 Å². The normalized spacial score (nSPS) is 26.9. The Labute approximate surface area is 125 Å². The van der Waals surface area contributed by atoms with Crippen LogP contribution in [0.1, 0.15) is 70.4 Å². The molecule has 1 fully saturated rings. The molecule has 0 aliphatic heterocycles. The zero-order chi connectivity index (χ0) is 14.6. The maximum Gasteiger partial charge on any atom is 0.0412 e. The molecule has 1 aromatic rings. The first-order valence-corrected chi connectivity index (χ1v) is 8.42. The van der Waals surface area contributed by atoms with Gasteiger partial charge in [0.05, 0.1) is 0 Å². The molecule has 2 atom stereocenters. The summed E-state index contributed by atoms with van der Waals surface area (Å²) in [7, 11) is 0. The van der Waals surface area contributed by atoms with Gasteiger partial charge in [-0.1, -0.05) is 64.3 Å². The zero-order valence-electron chi connectivity index (χ0n) is 13.5. The highest BCUT2D eigenvalue weighted by Gasteiger charge is 2.34. The molecule has 1 nitrogen and oxygen atoms in total. The monoisotopic (exact) mass is 273 g/mol. The van der Waals surface area contributed by atoms with Gasteiger partial charge in [-0.15, -0.1) is 0 Å². The Morgan fingerprint density at radius 1 is 1.35 bits per heavy atom. The van der Waals surface area contributed by atoms with E-state index in [0.29, 0.717) is 0 Å². The maximum atomic E-state index is 6.81. The van der Waals surface area contributed by atoms with Crippen LogP contribution < -0.4 is 5.73 Å². The van der Waals surface area contributed by atoms with Crippen molar-refractivity contribution in [2.24, 2.45) is 17.6 Å². The van der Waals surface area contributed by atoms with Crippen LogP contribution in [0.5, 0.6) is 0 Å². The SMILES string of the molecule is CCCc1cccc(C2(N)CCCC(CC(C)C)C2)c1. The number of hydrogen-bond donors (Lipinski definition) is 1. The Morgan fingerprint density at radius 3 is 2.85 bits per heavy atom. The minimum absolute atomic E-state index is 0.0818. The fourth-order valence-corrected chi connectivity index (χ4v) is 3.88. The second-order valence-corrected chi connectivity index (χ2v) is 7.20. The van der Waals surface area contributed by atoms with Crippen molar-refractivity contribution in [3.8, 4) is 0 Å². The first-order valence-electron chi connectivity index (χ1n) is 8.42. The van der Waals surface area contributed by atoms with Gasteiger partial charge in [-0.25, -0.2) is 0 Å². The summed E-state index contributed by atoms with van der Waals surface area (Å²) in [6, 6.07) is 9.05. The standard InChI is InChI=1S/C19H31N/c1-4-7-16-8-5-10-18(13-16)19(20)11-6-9-17(14-19)12-15(2)3/h5,8,10,13,15,17H,4,6-7,9,11-12,14,20H2,1-3H3. The van der Waals surface area contributed by atoms with Crippen molar-refractivity contribution < 1.29 is 0 Å². The summed E-state index contributed by atoms with van der Waals surface area (Å²) >= 11 is 0. The Balaban J connectivity index is 2.14. The van der Waals surface area contributed by atoms with E-state index in [4.69, 9.17) is 5.73 Å². The Morgan fingerprint density at radius 2 is 2.15 bits per heavy atom. The molecular weight excluding hydrogens is 242 g/mol. The fraction of sp³-hybridized carbons (Fsp3) is 0.684. The van der Waals surface area contributed by atoms with Crippen molar-refractivity contribution in [3.05, 3.63) is 35.4 Å². The molecule has 0 heterocycles. The van der Waals surface area contributed by atoms with Gasteiger partial charge in [-0.3, -0.25) is 0 Å². The molecule has 1 aliphatic carbocycles. The van der Waals surface area contributed by atoms with Gasteiger partial charge in [0.15, 0.2) is 0 Å². The summed E-state index contributed by atoms with van der Waals surface area (Å²) in [5.41, 5.74) is 9.55. The van der Waals surface area contributed by atoms with Crippen molar-refractivity contribution in [1.29, 1.82) is 0 Å². The molecule has 2 N–H and O–H groups in total. The second kappa shape index (κ2) is 6.76. The van der Waals surface area contributed by atoms with Crippen molar-refractivity contribution >= 4 is 0 Å². The molecule has 0 radical (unpaired) electrons. The molecule has 1 aromatic carbocycles. The van der Waals surface area contributed by atoms with Crippen LogP contribution in [-0.4, -0.2) is 0 Å². The van der Waals surface area contributed by atoms with E-state index in [1.807, 2.05) is 0 Å². The van der Waals surface area contributed by atoms with Gasteiger partial charge in [0, 0.05) is 5.54 Å². The quantitative estimate of drug-likeness (QED) is 0.800. The smallest absolute Gasteiger partial charge is 0.0412 e. The fourth-order valence-electron chi connectivity index (χ4n) is 3.88. The van der Waals surface area contributed by atoms with Crippen LogP contribution >= 0.6 is 0 Å². The number of benzene rings is 1. The number of hydrogen-bond acceptors (Lipinski definition) is 1. The number of rotatable bonds is 5. The van der Waals surface area contributed by atoms with Crippen molar-refractivity contribution in [3.63, 3.8) is 0 Å². The summed E-state index contributed by atoms with van der Waals surface area (Å²) in [5, 5.41) is 0. The highest BCUT2D eigenvalue weighted by atomic mass is 14.8. The molecule has 112 valence electrons. The molecule has 1 aliphatic rings. The lowest BCUT2D eigenvalue weighted by Gasteiger charge is -2.39. The van der Waals surface area contributed by atoms with Gasteiger partial charge < -0.3 is 5.73 Å². The third-order valence-electron chi connectivity index (χ3n) is 4.73. The van der Waals surface area contributed by atoms with Gasteiger partial charge in [0.25, 0.3) is 0 Å². The van der Waals surface area contributed by atoms with Crippen molar-refractivity contribution in [2.45, 2.75) is 71.3 Å². The van der Waals surface area contributed by atoms with Gasteiger partial charge >= 0.3 is 0 Å². The van der Waals surface area contributed by atoms with Gasteiger partial charge in [0.2, 0.25) is 0 Å².